The Balaban J connectivity index is 3.78. The Morgan fingerprint density at radius 2 is 2.15 bits per heavy atom. The third kappa shape index (κ3) is 5.41. The number of likely N-dealkylation sites (N-methyl/N-ethyl adjacent to an activating group) is 1. The summed E-state index contributed by atoms with van der Waals surface area (Å²) in [5.74, 6) is -0.259. The largest absolute Gasteiger partial charge is 0.465 e. The third-order valence-electron chi connectivity index (χ3n) is 1.35. The molecule has 5 heteroatoms. The molecule has 0 bridgehead atoms. The number of thiocarbonyl (C=S) groups is 1. The number of carbonyl (C=O) groups excluding carboxylic acids is 1. The molecule has 0 rings (SSSR count). The number of nitrogens with one attached hydrogen (secondary N) is 1. The standard InChI is InChI=1S/C8H16N2O2S/c1-4-9-8(13)10(3)6-7(11)12-5-2/h4-6H2,1-3H3,(H,9,13). The van der Waals surface area contributed by atoms with Crippen LogP contribution in [0.1, 0.15) is 13.8 Å². The van der Waals surface area contributed by atoms with Gasteiger partial charge >= 0.3 is 5.97 Å². The molecule has 0 saturated carbocycles. The zero-order valence-corrected chi connectivity index (χ0v) is 9.11. The van der Waals surface area contributed by atoms with Crippen LogP contribution in [0.4, 0.5) is 0 Å². The van der Waals surface area contributed by atoms with Crippen LogP contribution in [0.15, 0.2) is 0 Å². The molecule has 0 aliphatic rings. The molecule has 1 N–H and O–H groups in total. The first-order valence-corrected chi connectivity index (χ1v) is 4.67. The lowest BCUT2D eigenvalue weighted by atomic mass is 10.6. The second-order valence-electron chi connectivity index (χ2n) is 2.50. The summed E-state index contributed by atoms with van der Waals surface area (Å²) in [7, 11) is 1.75. The molecule has 0 aromatic heterocycles. The first-order valence-electron chi connectivity index (χ1n) is 4.26. The van der Waals surface area contributed by atoms with Crippen LogP contribution in [-0.4, -0.2) is 42.7 Å². The Hall–Kier alpha value is -0.840. The summed E-state index contributed by atoms with van der Waals surface area (Å²) >= 11 is 4.99. The summed E-state index contributed by atoms with van der Waals surface area (Å²) < 4.78 is 4.77. The summed E-state index contributed by atoms with van der Waals surface area (Å²) in [6.45, 7) is 5.08. The number of ether oxygens (including phenoxy) is 1. The normalized spacial score (nSPS) is 9.15. The minimum atomic E-state index is -0.259. The fourth-order valence-corrected chi connectivity index (χ4v) is 0.967. The van der Waals surface area contributed by atoms with E-state index in [2.05, 4.69) is 5.32 Å². The third-order valence-corrected chi connectivity index (χ3v) is 1.80. The first-order chi connectivity index (χ1) is 6.11. The number of esters is 1. The molecule has 76 valence electrons. The lowest BCUT2D eigenvalue weighted by Crippen LogP contribution is -2.40. The number of carbonyl (C=O) groups is 1. The van der Waals surface area contributed by atoms with Crippen molar-refractivity contribution in [3.8, 4) is 0 Å². The predicted octanol–water partition coefficient (Wildman–Crippen LogP) is 0.376. The van der Waals surface area contributed by atoms with Crippen molar-refractivity contribution in [3.63, 3.8) is 0 Å². The number of rotatable bonds is 4. The Bertz CT molecular complexity index is 185. The fraction of sp³-hybridized carbons (Fsp3) is 0.750. The number of nitrogens with zero attached hydrogens (tertiary/aromatic N) is 1. The molecule has 0 atom stereocenters. The minimum absolute atomic E-state index is 0.194. The molecule has 0 unspecified atom stereocenters. The van der Waals surface area contributed by atoms with E-state index in [1.54, 1.807) is 18.9 Å². The van der Waals surface area contributed by atoms with Crippen molar-refractivity contribution in [3.05, 3.63) is 0 Å². The van der Waals surface area contributed by atoms with Crippen molar-refractivity contribution >= 4 is 23.3 Å². The maximum absolute atomic E-state index is 11.0. The molecule has 0 amide bonds. The van der Waals surface area contributed by atoms with Gasteiger partial charge in [-0.1, -0.05) is 0 Å². The van der Waals surface area contributed by atoms with E-state index in [0.717, 1.165) is 6.54 Å². The van der Waals surface area contributed by atoms with Gasteiger partial charge in [0.15, 0.2) is 5.11 Å². The van der Waals surface area contributed by atoms with E-state index in [0.29, 0.717) is 11.7 Å². The fourth-order valence-electron chi connectivity index (χ4n) is 0.758. The molecule has 13 heavy (non-hydrogen) atoms. The van der Waals surface area contributed by atoms with Crippen LogP contribution < -0.4 is 5.32 Å². The van der Waals surface area contributed by atoms with Crippen LogP contribution in [0.3, 0.4) is 0 Å². The monoisotopic (exact) mass is 204 g/mol. The van der Waals surface area contributed by atoms with E-state index in [4.69, 9.17) is 17.0 Å². The molecule has 0 fully saturated rings. The van der Waals surface area contributed by atoms with Gasteiger partial charge in [-0.2, -0.15) is 0 Å². The Kier molecular flexibility index (Phi) is 6.22. The van der Waals surface area contributed by atoms with Gasteiger partial charge in [-0.15, -0.1) is 0 Å². The van der Waals surface area contributed by atoms with Crippen LogP contribution in [0.5, 0.6) is 0 Å². The van der Waals surface area contributed by atoms with Gasteiger partial charge in [0.1, 0.15) is 6.54 Å². The quantitative estimate of drug-likeness (QED) is 0.529. The van der Waals surface area contributed by atoms with Gasteiger partial charge in [-0.05, 0) is 26.1 Å². The van der Waals surface area contributed by atoms with Crippen LogP contribution in [0.2, 0.25) is 0 Å². The summed E-state index contributed by atoms with van der Waals surface area (Å²) in [5.41, 5.74) is 0. The number of hydrogen-bond acceptors (Lipinski definition) is 3. The van der Waals surface area contributed by atoms with E-state index in [-0.39, 0.29) is 12.5 Å². The lowest BCUT2D eigenvalue weighted by molar-refractivity contribution is -0.143. The molecule has 0 radical (unpaired) electrons. The molecule has 0 saturated heterocycles. The summed E-state index contributed by atoms with van der Waals surface area (Å²) in [4.78, 5) is 12.7. The molecular formula is C8H16N2O2S. The van der Waals surface area contributed by atoms with E-state index >= 15 is 0 Å². The van der Waals surface area contributed by atoms with Crippen molar-refractivity contribution in [2.24, 2.45) is 0 Å². The maximum Gasteiger partial charge on any atom is 0.325 e. The average Bonchev–Trinajstić information content (AvgIpc) is 2.05. The van der Waals surface area contributed by atoms with Crippen LogP contribution in [0, 0.1) is 0 Å². The highest BCUT2D eigenvalue weighted by Gasteiger charge is 2.08. The Morgan fingerprint density at radius 3 is 2.62 bits per heavy atom. The van der Waals surface area contributed by atoms with Gasteiger partial charge in [0.25, 0.3) is 0 Å². The highest BCUT2D eigenvalue weighted by atomic mass is 32.1. The van der Waals surface area contributed by atoms with Crippen molar-refractivity contribution < 1.29 is 9.53 Å². The second kappa shape index (κ2) is 6.65. The van der Waals surface area contributed by atoms with Crippen molar-refractivity contribution in [1.82, 2.24) is 10.2 Å². The summed E-state index contributed by atoms with van der Waals surface area (Å²) in [5, 5.41) is 3.51. The molecule has 0 spiro atoms. The summed E-state index contributed by atoms with van der Waals surface area (Å²) in [6, 6.07) is 0. The molecule has 0 aliphatic heterocycles. The molecule has 0 aromatic rings. The minimum Gasteiger partial charge on any atom is -0.465 e. The van der Waals surface area contributed by atoms with Gasteiger partial charge in [0.05, 0.1) is 6.61 Å². The number of hydrogen-bond donors (Lipinski definition) is 1. The van der Waals surface area contributed by atoms with E-state index < -0.39 is 0 Å². The van der Waals surface area contributed by atoms with Crippen LogP contribution in [-0.2, 0) is 9.53 Å². The van der Waals surface area contributed by atoms with Gasteiger partial charge in [0, 0.05) is 13.6 Å². The van der Waals surface area contributed by atoms with Gasteiger partial charge < -0.3 is 15.0 Å². The Morgan fingerprint density at radius 1 is 1.54 bits per heavy atom. The van der Waals surface area contributed by atoms with Gasteiger partial charge in [0.2, 0.25) is 0 Å². The average molecular weight is 204 g/mol. The van der Waals surface area contributed by atoms with Crippen LogP contribution >= 0.6 is 12.2 Å². The smallest absolute Gasteiger partial charge is 0.325 e. The van der Waals surface area contributed by atoms with Crippen molar-refractivity contribution in [1.29, 1.82) is 0 Å². The van der Waals surface area contributed by atoms with Crippen LogP contribution in [0.25, 0.3) is 0 Å². The topological polar surface area (TPSA) is 41.6 Å². The zero-order chi connectivity index (χ0) is 10.3. The van der Waals surface area contributed by atoms with E-state index in [9.17, 15) is 4.79 Å². The molecule has 0 aliphatic carbocycles. The molecule has 0 heterocycles. The van der Waals surface area contributed by atoms with Gasteiger partial charge in [-0.25, -0.2) is 0 Å². The molecular weight excluding hydrogens is 188 g/mol. The highest BCUT2D eigenvalue weighted by molar-refractivity contribution is 7.80. The lowest BCUT2D eigenvalue weighted by Gasteiger charge is -2.18. The van der Waals surface area contributed by atoms with E-state index in [1.807, 2.05) is 6.92 Å². The van der Waals surface area contributed by atoms with Crippen molar-refractivity contribution in [2.75, 3.05) is 26.7 Å². The second-order valence-corrected chi connectivity index (χ2v) is 2.88. The maximum atomic E-state index is 11.0. The van der Waals surface area contributed by atoms with Gasteiger partial charge in [-0.3, -0.25) is 4.79 Å². The van der Waals surface area contributed by atoms with E-state index in [1.165, 1.54) is 0 Å². The van der Waals surface area contributed by atoms with Crippen molar-refractivity contribution in [2.45, 2.75) is 13.8 Å². The molecule has 4 nitrogen and oxygen atoms in total. The zero-order valence-electron chi connectivity index (χ0n) is 8.29. The molecule has 0 aromatic carbocycles. The predicted molar refractivity (Wildman–Crippen MR) is 55.5 cm³/mol. The first kappa shape index (κ1) is 12.2. The highest BCUT2D eigenvalue weighted by Crippen LogP contribution is 1.87. The Labute approximate surface area is 84.2 Å². The SMILES string of the molecule is CCNC(=S)N(C)CC(=O)OCC. The summed E-state index contributed by atoms with van der Waals surface area (Å²) in [6.07, 6.45) is 0.